The molecule has 0 radical (unpaired) electrons. The molecular formula is C16H14N2O3. The van der Waals surface area contributed by atoms with Gasteiger partial charge in [0, 0.05) is 5.56 Å². The third kappa shape index (κ3) is 3.20. The lowest BCUT2D eigenvalue weighted by atomic mass is 10.2. The summed E-state index contributed by atoms with van der Waals surface area (Å²) in [6.07, 6.45) is 0.804. The van der Waals surface area contributed by atoms with E-state index in [-0.39, 0.29) is 0 Å². The van der Waals surface area contributed by atoms with Gasteiger partial charge in [-0.3, -0.25) is 4.79 Å². The lowest BCUT2D eigenvalue weighted by molar-refractivity contribution is 0.112. The molecule has 0 bridgehead atoms. The van der Waals surface area contributed by atoms with Gasteiger partial charge >= 0.3 is 0 Å². The SMILES string of the molecule is O=Cc1ccc(OCCNc2nc3ccccc3o2)cc1. The number of hydrogen-bond acceptors (Lipinski definition) is 5. The van der Waals surface area contributed by atoms with Crippen LogP contribution in [0.3, 0.4) is 0 Å². The second-order valence-corrected chi connectivity index (χ2v) is 4.45. The number of oxazole rings is 1. The van der Waals surface area contributed by atoms with Gasteiger partial charge in [-0.05, 0) is 36.4 Å². The number of nitrogens with zero attached hydrogens (tertiary/aromatic N) is 1. The predicted octanol–water partition coefficient (Wildman–Crippen LogP) is 3.13. The van der Waals surface area contributed by atoms with Crippen molar-refractivity contribution in [3.63, 3.8) is 0 Å². The van der Waals surface area contributed by atoms with E-state index < -0.39 is 0 Å². The van der Waals surface area contributed by atoms with Gasteiger partial charge in [0.05, 0.1) is 6.54 Å². The molecule has 0 amide bonds. The molecule has 0 aliphatic heterocycles. The topological polar surface area (TPSA) is 64.4 Å². The first-order valence-electron chi connectivity index (χ1n) is 6.62. The minimum absolute atomic E-state index is 0.471. The summed E-state index contributed by atoms with van der Waals surface area (Å²) in [6, 6.07) is 15.0. The van der Waals surface area contributed by atoms with Crippen molar-refractivity contribution >= 4 is 23.4 Å². The van der Waals surface area contributed by atoms with Crippen molar-refractivity contribution in [1.82, 2.24) is 4.98 Å². The maximum absolute atomic E-state index is 10.5. The van der Waals surface area contributed by atoms with Gasteiger partial charge in [-0.2, -0.15) is 4.98 Å². The number of rotatable bonds is 6. The van der Waals surface area contributed by atoms with Gasteiger partial charge in [0.15, 0.2) is 5.58 Å². The minimum atomic E-state index is 0.471. The smallest absolute Gasteiger partial charge is 0.295 e. The van der Waals surface area contributed by atoms with E-state index in [0.29, 0.717) is 24.7 Å². The van der Waals surface area contributed by atoms with Crippen molar-refractivity contribution in [3.05, 3.63) is 54.1 Å². The van der Waals surface area contributed by atoms with Crippen LogP contribution in [-0.2, 0) is 0 Å². The Morgan fingerprint density at radius 3 is 2.71 bits per heavy atom. The average molecular weight is 282 g/mol. The number of carbonyl (C=O) groups excluding carboxylic acids is 1. The number of ether oxygens (including phenoxy) is 1. The molecule has 1 heterocycles. The van der Waals surface area contributed by atoms with Crippen LogP contribution in [0.1, 0.15) is 10.4 Å². The number of para-hydroxylation sites is 2. The molecule has 0 atom stereocenters. The molecule has 1 aromatic heterocycles. The molecule has 21 heavy (non-hydrogen) atoms. The van der Waals surface area contributed by atoms with Crippen LogP contribution < -0.4 is 10.1 Å². The van der Waals surface area contributed by atoms with Crippen molar-refractivity contribution in [2.24, 2.45) is 0 Å². The number of carbonyl (C=O) groups is 1. The molecule has 0 aliphatic carbocycles. The fourth-order valence-electron chi connectivity index (χ4n) is 1.92. The highest BCUT2D eigenvalue weighted by Gasteiger charge is 2.03. The Balaban J connectivity index is 1.50. The van der Waals surface area contributed by atoms with E-state index >= 15 is 0 Å². The first-order chi connectivity index (χ1) is 10.3. The molecule has 3 aromatic rings. The summed E-state index contributed by atoms with van der Waals surface area (Å²) in [5, 5.41) is 3.07. The summed E-state index contributed by atoms with van der Waals surface area (Å²) < 4.78 is 11.1. The van der Waals surface area contributed by atoms with E-state index in [9.17, 15) is 4.79 Å². The van der Waals surface area contributed by atoms with E-state index in [1.807, 2.05) is 24.3 Å². The highest BCUT2D eigenvalue weighted by atomic mass is 16.5. The average Bonchev–Trinajstić information content (AvgIpc) is 2.95. The van der Waals surface area contributed by atoms with Crippen LogP contribution in [0.25, 0.3) is 11.1 Å². The van der Waals surface area contributed by atoms with Gasteiger partial charge in [-0.25, -0.2) is 0 Å². The zero-order valence-electron chi connectivity index (χ0n) is 11.3. The van der Waals surface area contributed by atoms with Gasteiger partial charge in [-0.15, -0.1) is 0 Å². The lowest BCUT2D eigenvalue weighted by Crippen LogP contribution is -2.11. The highest BCUT2D eigenvalue weighted by Crippen LogP contribution is 2.17. The molecule has 0 saturated carbocycles. The molecule has 0 fully saturated rings. The van der Waals surface area contributed by atoms with Crippen molar-refractivity contribution in [3.8, 4) is 5.75 Å². The fraction of sp³-hybridized carbons (Fsp3) is 0.125. The Morgan fingerprint density at radius 2 is 1.95 bits per heavy atom. The Labute approximate surface area is 121 Å². The quantitative estimate of drug-likeness (QED) is 0.556. The maximum atomic E-state index is 10.5. The molecule has 1 N–H and O–H groups in total. The summed E-state index contributed by atoms with van der Waals surface area (Å²) in [5.74, 6) is 0.722. The Bertz CT molecular complexity index is 702. The number of anilines is 1. The van der Waals surface area contributed by atoms with Crippen LogP contribution in [-0.4, -0.2) is 24.4 Å². The number of nitrogens with one attached hydrogen (secondary N) is 1. The predicted molar refractivity (Wildman–Crippen MR) is 79.8 cm³/mol. The van der Waals surface area contributed by atoms with Crippen LogP contribution in [0, 0.1) is 0 Å². The summed E-state index contributed by atoms with van der Waals surface area (Å²) in [5.41, 5.74) is 2.21. The molecule has 0 spiro atoms. The maximum Gasteiger partial charge on any atom is 0.295 e. The Hall–Kier alpha value is -2.82. The fourth-order valence-corrected chi connectivity index (χ4v) is 1.92. The van der Waals surface area contributed by atoms with E-state index in [1.54, 1.807) is 24.3 Å². The standard InChI is InChI=1S/C16H14N2O3/c19-11-12-5-7-13(8-6-12)20-10-9-17-16-18-14-3-1-2-4-15(14)21-16/h1-8,11H,9-10H2,(H,17,18). The van der Waals surface area contributed by atoms with Gasteiger partial charge in [0.1, 0.15) is 24.2 Å². The molecule has 106 valence electrons. The summed E-state index contributed by atoms with van der Waals surface area (Å²) in [4.78, 5) is 14.8. The van der Waals surface area contributed by atoms with Gasteiger partial charge in [-0.1, -0.05) is 12.1 Å². The number of aldehydes is 1. The number of hydrogen-bond donors (Lipinski definition) is 1. The van der Waals surface area contributed by atoms with Crippen molar-refractivity contribution in [1.29, 1.82) is 0 Å². The van der Waals surface area contributed by atoms with Gasteiger partial charge in [0.25, 0.3) is 6.01 Å². The number of aromatic nitrogens is 1. The van der Waals surface area contributed by atoms with Crippen molar-refractivity contribution in [2.75, 3.05) is 18.5 Å². The van der Waals surface area contributed by atoms with Gasteiger partial charge in [0.2, 0.25) is 0 Å². The van der Waals surface area contributed by atoms with E-state index in [1.165, 1.54) is 0 Å². The molecule has 5 heteroatoms. The molecular weight excluding hydrogens is 268 g/mol. The molecule has 0 unspecified atom stereocenters. The third-order valence-electron chi connectivity index (χ3n) is 2.96. The van der Waals surface area contributed by atoms with Crippen molar-refractivity contribution in [2.45, 2.75) is 0 Å². The van der Waals surface area contributed by atoms with E-state index in [4.69, 9.17) is 9.15 Å². The largest absolute Gasteiger partial charge is 0.492 e. The summed E-state index contributed by atoms with van der Waals surface area (Å²) in [6.45, 7) is 1.04. The molecule has 2 aromatic carbocycles. The van der Waals surface area contributed by atoms with E-state index in [2.05, 4.69) is 10.3 Å². The lowest BCUT2D eigenvalue weighted by Gasteiger charge is -2.06. The van der Waals surface area contributed by atoms with Crippen LogP contribution in [0.2, 0.25) is 0 Å². The molecule has 0 saturated heterocycles. The molecule has 3 rings (SSSR count). The first kappa shape index (κ1) is 13.2. The second kappa shape index (κ2) is 6.09. The summed E-state index contributed by atoms with van der Waals surface area (Å²) >= 11 is 0. The zero-order valence-corrected chi connectivity index (χ0v) is 11.3. The van der Waals surface area contributed by atoms with E-state index in [0.717, 1.165) is 23.1 Å². The molecule has 5 nitrogen and oxygen atoms in total. The second-order valence-electron chi connectivity index (χ2n) is 4.45. The first-order valence-corrected chi connectivity index (χ1v) is 6.62. The Morgan fingerprint density at radius 1 is 1.14 bits per heavy atom. The van der Waals surface area contributed by atoms with Crippen LogP contribution >= 0.6 is 0 Å². The normalized spacial score (nSPS) is 10.5. The van der Waals surface area contributed by atoms with Crippen LogP contribution in [0.5, 0.6) is 5.75 Å². The number of fused-ring (bicyclic) bond motifs is 1. The summed E-state index contributed by atoms with van der Waals surface area (Å²) in [7, 11) is 0. The third-order valence-corrected chi connectivity index (χ3v) is 2.96. The van der Waals surface area contributed by atoms with Crippen molar-refractivity contribution < 1.29 is 13.9 Å². The van der Waals surface area contributed by atoms with Gasteiger partial charge < -0.3 is 14.5 Å². The molecule has 0 aliphatic rings. The minimum Gasteiger partial charge on any atom is -0.492 e. The highest BCUT2D eigenvalue weighted by molar-refractivity contribution is 5.75. The zero-order chi connectivity index (χ0) is 14.5. The monoisotopic (exact) mass is 282 g/mol. The van der Waals surface area contributed by atoms with Crippen LogP contribution in [0.4, 0.5) is 6.01 Å². The number of benzene rings is 2. The van der Waals surface area contributed by atoms with Crippen LogP contribution in [0.15, 0.2) is 52.9 Å². The Kier molecular flexibility index (Phi) is 3.82.